The summed E-state index contributed by atoms with van der Waals surface area (Å²) in [6.07, 6.45) is 0.488. The predicted octanol–water partition coefficient (Wildman–Crippen LogP) is 1.63. The Kier molecular flexibility index (Phi) is 2.25. The summed E-state index contributed by atoms with van der Waals surface area (Å²) in [6.45, 7) is 0.479. The van der Waals surface area contributed by atoms with E-state index < -0.39 is 6.09 Å². The van der Waals surface area contributed by atoms with Crippen LogP contribution in [0.15, 0.2) is 0 Å². The molecule has 0 saturated carbocycles. The van der Waals surface area contributed by atoms with Crippen molar-refractivity contribution in [3.63, 3.8) is 0 Å². The molecule has 1 aromatic rings. The minimum Gasteiger partial charge on any atom is -0.465 e. The van der Waals surface area contributed by atoms with Crippen LogP contribution in [0.2, 0.25) is 0 Å². The zero-order chi connectivity index (χ0) is 11.0. The van der Waals surface area contributed by atoms with E-state index in [1.807, 2.05) is 6.07 Å². The quantitative estimate of drug-likeness (QED) is 0.699. The smallest absolute Gasteiger partial charge is 0.412 e. The molecule has 1 amide bonds. The summed E-state index contributed by atoms with van der Waals surface area (Å²) in [7, 11) is 0. The van der Waals surface area contributed by atoms with Gasteiger partial charge in [-0.05, 0) is 12.8 Å². The van der Waals surface area contributed by atoms with Crippen LogP contribution in [-0.2, 0) is 6.42 Å². The molecule has 2 rings (SSSR count). The molecule has 0 atom stereocenters. The number of nitrogens with zero attached hydrogens (tertiary/aromatic N) is 2. The molecule has 0 spiro atoms. The maximum absolute atomic E-state index is 10.9. The highest BCUT2D eigenvalue weighted by Gasteiger charge is 2.27. The van der Waals surface area contributed by atoms with Gasteiger partial charge >= 0.3 is 6.09 Å². The number of thiophene rings is 1. The lowest BCUT2D eigenvalue weighted by Gasteiger charge is -2.23. The van der Waals surface area contributed by atoms with Crippen LogP contribution < -0.4 is 10.6 Å². The third-order valence-electron chi connectivity index (χ3n) is 2.41. The Morgan fingerprint density at radius 3 is 3.00 bits per heavy atom. The molecule has 0 bridgehead atoms. The Bertz CT molecular complexity index is 461. The maximum Gasteiger partial charge on any atom is 0.412 e. The number of anilines is 2. The third-order valence-corrected chi connectivity index (χ3v) is 3.49. The third kappa shape index (κ3) is 1.41. The maximum atomic E-state index is 10.9. The Morgan fingerprint density at radius 2 is 2.40 bits per heavy atom. The van der Waals surface area contributed by atoms with E-state index in [1.165, 1.54) is 16.2 Å². The van der Waals surface area contributed by atoms with Gasteiger partial charge in [-0.25, -0.2) is 4.79 Å². The topological polar surface area (TPSA) is 90.4 Å². The molecule has 1 aliphatic heterocycles. The van der Waals surface area contributed by atoms with E-state index in [2.05, 4.69) is 0 Å². The molecular formula is C9H9N3O2S. The van der Waals surface area contributed by atoms with Crippen LogP contribution in [0.3, 0.4) is 0 Å². The molecule has 6 heteroatoms. The van der Waals surface area contributed by atoms with Crippen LogP contribution in [0.1, 0.15) is 17.5 Å². The second kappa shape index (κ2) is 3.44. The molecule has 0 saturated heterocycles. The highest BCUT2D eigenvalue weighted by Crippen LogP contribution is 2.40. The molecular weight excluding hydrogens is 214 g/mol. The van der Waals surface area contributed by atoms with Gasteiger partial charge in [0, 0.05) is 12.1 Å². The van der Waals surface area contributed by atoms with Gasteiger partial charge in [-0.2, -0.15) is 5.26 Å². The van der Waals surface area contributed by atoms with Crippen LogP contribution >= 0.6 is 11.3 Å². The Labute approximate surface area is 90.3 Å². The van der Waals surface area contributed by atoms with Crippen LogP contribution in [0.4, 0.5) is 14.8 Å². The van der Waals surface area contributed by atoms with Gasteiger partial charge in [0.25, 0.3) is 0 Å². The standard InChI is InChI=1S/C9H9N3O2S/c10-4-6-5-2-1-3-12(9(13)14)8(5)15-7(6)11/h1-3,11H2,(H,13,14). The second-order valence-corrected chi connectivity index (χ2v) is 4.31. The van der Waals surface area contributed by atoms with Crippen molar-refractivity contribution in [3.8, 4) is 6.07 Å². The first kappa shape index (κ1) is 9.80. The summed E-state index contributed by atoms with van der Waals surface area (Å²) < 4.78 is 0. The second-order valence-electron chi connectivity index (χ2n) is 3.27. The first-order valence-corrected chi connectivity index (χ1v) is 5.28. The Balaban J connectivity index is 2.55. The fourth-order valence-corrected chi connectivity index (χ4v) is 2.83. The summed E-state index contributed by atoms with van der Waals surface area (Å²) in [5.41, 5.74) is 6.90. The first-order valence-electron chi connectivity index (χ1n) is 4.47. The van der Waals surface area contributed by atoms with Gasteiger partial charge in [-0.15, -0.1) is 0 Å². The summed E-state index contributed by atoms with van der Waals surface area (Å²) in [4.78, 5) is 12.2. The van der Waals surface area contributed by atoms with E-state index in [1.54, 1.807) is 0 Å². The van der Waals surface area contributed by atoms with Crippen LogP contribution in [0, 0.1) is 11.3 Å². The van der Waals surface area contributed by atoms with Crippen molar-refractivity contribution >= 4 is 27.4 Å². The van der Waals surface area contributed by atoms with Gasteiger partial charge in [0.15, 0.2) is 0 Å². The van der Waals surface area contributed by atoms with E-state index in [0.29, 0.717) is 22.1 Å². The van der Waals surface area contributed by atoms with Gasteiger partial charge in [-0.3, -0.25) is 4.90 Å². The molecule has 0 aliphatic carbocycles. The molecule has 0 fully saturated rings. The normalized spacial score (nSPS) is 14.5. The number of rotatable bonds is 0. The lowest BCUT2D eigenvalue weighted by molar-refractivity contribution is 0.201. The largest absolute Gasteiger partial charge is 0.465 e. The zero-order valence-corrected chi connectivity index (χ0v) is 8.67. The molecule has 0 aromatic carbocycles. The minimum atomic E-state index is -0.985. The van der Waals surface area contributed by atoms with E-state index in [4.69, 9.17) is 16.1 Å². The number of nitriles is 1. The molecule has 15 heavy (non-hydrogen) atoms. The first-order chi connectivity index (χ1) is 7.15. The molecule has 5 nitrogen and oxygen atoms in total. The predicted molar refractivity (Wildman–Crippen MR) is 57.1 cm³/mol. The number of carbonyl (C=O) groups is 1. The van der Waals surface area contributed by atoms with E-state index in [0.717, 1.165) is 18.4 Å². The Morgan fingerprint density at radius 1 is 1.67 bits per heavy atom. The average Bonchev–Trinajstić information content (AvgIpc) is 2.52. The lowest BCUT2D eigenvalue weighted by Crippen LogP contribution is -2.33. The molecule has 2 heterocycles. The molecule has 1 aromatic heterocycles. The van der Waals surface area contributed by atoms with Crippen molar-refractivity contribution in [2.75, 3.05) is 17.2 Å². The monoisotopic (exact) mass is 223 g/mol. The number of carboxylic acid groups (broad SMARTS) is 1. The molecule has 1 aliphatic rings. The van der Waals surface area contributed by atoms with Crippen molar-refractivity contribution in [2.24, 2.45) is 0 Å². The van der Waals surface area contributed by atoms with Crippen LogP contribution in [0.25, 0.3) is 0 Å². The molecule has 3 N–H and O–H groups in total. The highest BCUT2D eigenvalue weighted by atomic mass is 32.1. The number of hydrogen-bond acceptors (Lipinski definition) is 4. The molecule has 78 valence electrons. The van der Waals surface area contributed by atoms with Gasteiger partial charge in [0.2, 0.25) is 0 Å². The minimum absolute atomic E-state index is 0.413. The average molecular weight is 223 g/mol. The van der Waals surface area contributed by atoms with Gasteiger partial charge in [-0.1, -0.05) is 11.3 Å². The summed E-state index contributed by atoms with van der Waals surface area (Å²) in [5, 5.41) is 18.9. The van der Waals surface area contributed by atoms with Gasteiger partial charge in [0.1, 0.15) is 16.1 Å². The van der Waals surface area contributed by atoms with Crippen molar-refractivity contribution in [3.05, 3.63) is 11.1 Å². The van der Waals surface area contributed by atoms with Gasteiger partial charge < -0.3 is 10.8 Å². The number of nitrogen functional groups attached to an aromatic ring is 1. The van der Waals surface area contributed by atoms with Crippen molar-refractivity contribution in [2.45, 2.75) is 12.8 Å². The zero-order valence-electron chi connectivity index (χ0n) is 7.86. The molecule has 0 unspecified atom stereocenters. The SMILES string of the molecule is N#Cc1c(N)sc2c1CCCN2C(=O)O. The van der Waals surface area contributed by atoms with E-state index >= 15 is 0 Å². The van der Waals surface area contributed by atoms with Crippen LogP contribution in [0.5, 0.6) is 0 Å². The van der Waals surface area contributed by atoms with E-state index in [-0.39, 0.29) is 0 Å². The fourth-order valence-electron chi connectivity index (χ4n) is 1.74. The lowest BCUT2D eigenvalue weighted by atomic mass is 10.0. The number of fused-ring (bicyclic) bond motifs is 1. The number of nitrogens with two attached hydrogens (primary N) is 1. The van der Waals surface area contributed by atoms with E-state index in [9.17, 15) is 4.79 Å². The number of hydrogen-bond donors (Lipinski definition) is 2. The fraction of sp³-hybridized carbons (Fsp3) is 0.333. The summed E-state index contributed by atoms with van der Waals surface area (Å²) in [6, 6.07) is 2.03. The van der Waals surface area contributed by atoms with Crippen molar-refractivity contribution in [1.82, 2.24) is 0 Å². The van der Waals surface area contributed by atoms with Crippen LogP contribution in [-0.4, -0.2) is 17.7 Å². The summed E-state index contributed by atoms with van der Waals surface area (Å²) >= 11 is 1.18. The number of amides is 1. The molecule has 0 radical (unpaired) electrons. The van der Waals surface area contributed by atoms with Gasteiger partial charge in [0.05, 0.1) is 5.56 Å². The highest BCUT2D eigenvalue weighted by molar-refractivity contribution is 7.20. The summed E-state index contributed by atoms with van der Waals surface area (Å²) in [5.74, 6) is 0. The van der Waals surface area contributed by atoms with Crippen molar-refractivity contribution < 1.29 is 9.90 Å². The Hall–Kier alpha value is -1.74. The van der Waals surface area contributed by atoms with Crippen molar-refractivity contribution in [1.29, 1.82) is 5.26 Å².